The fourth-order valence-electron chi connectivity index (χ4n) is 2.46. The van der Waals surface area contributed by atoms with Crippen LogP contribution in [0, 0.1) is 6.92 Å². The van der Waals surface area contributed by atoms with Crippen LogP contribution in [-0.2, 0) is 4.74 Å². The van der Waals surface area contributed by atoms with Crippen LogP contribution in [-0.4, -0.2) is 13.8 Å². The van der Waals surface area contributed by atoms with E-state index in [2.05, 4.69) is 56.6 Å². The van der Waals surface area contributed by atoms with Gasteiger partial charge >= 0.3 is 0 Å². The lowest BCUT2D eigenvalue weighted by Gasteiger charge is -2.25. The van der Waals surface area contributed by atoms with Crippen LogP contribution >= 0.6 is 0 Å². The molecule has 2 nitrogen and oxygen atoms in total. The molecular weight excluding hydrogens is 337 g/mol. The molecule has 0 aliphatic carbocycles. The predicted octanol–water partition coefficient (Wildman–Crippen LogP) is 0.548. The van der Waals surface area contributed by atoms with Crippen molar-refractivity contribution in [1.29, 1.82) is 0 Å². The zero-order chi connectivity index (χ0) is 11.9. The van der Waals surface area contributed by atoms with Crippen molar-refractivity contribution in [2.45, 2.75) is 6.92 Å². The van der Waals surface area contributed by atoms with Gasteiger partial charge in [0, 0.05) is 11.6 Å². The van der Waals surface area contributed by atoms with Crippen LogP contribution in [0.1, 0.15) is 5.56 Å². The quantitative estimate of drug-likeness (QED) is 0.538. The van der Waals surface area contributed by atoms with Gasteiger partial charge in [-0.2, -0.15) is 0 Å². The van der Waals surface area contributed by atoms with Gasteiger partial charge in [-0.1, -0.05) is 24.3 Å². The molecule has 94 valence electrons. The fourth-order valence-corrected chi connectivity index (χ4v) is 2.46. The van der Waals surface area contributed by atoms with Crippen LogP contribution in [0.2, 0.25) is 0 Å². The van der Waals surface area contributed by atoms with E-state index in [1.807, 2.05) is 0 Å². The summed E-state index contributed by atoms with van der Waals surface area (Å²) in [6, 6.07) is 13.0. The molecule has 0 fully saturated rings. The maximum Gasteiger partial charge on any atom is 0.232 e. The number of quaternary nitrogens is 1. The molecule has 0 amide bonds. The highest BCUT2D eigenvalue weighted by atomic mass is 127. The molecule has 2 aromatic rings. The van der Waals surface area contributed by atoms with E-state index in [-0.39, 0.29) is 24.0 Å². The zero-order valence-corrected chi connectivity index (χ0v) is 12.7. The van der Waals surface area contributed by atoms with Gasteiger partial charge in [0.1, 0.15) is 18.1 Å². The number of hydrogen-bond donors (Lipinski definition) is 0. The van der Waals surface area contributed by atoms with E-state index in [0.29, 0.717) is 6.73 Å². The lowest BCUT2D eigenvalue weighted by Crippen LogP contribution is -3.00. The van der Waals surface area contributed by atoms with Crippen molar-refractivity contribution in [3.8, 4) is 0 Å². The molecule has 2 aromatic carbocycles. The molecular formula is C15H16INO. The summed E-state index contributed by atoms with van der Waals surface area (Å²) in [4.78, 5) is 0. The van der Waals surface area contributed by atoms with Crippen LogP contribution in [0.5, 0.6) is 0 Å². The summed E-state index contributed by atoms with van der Waals surface area (Å²) in [6.45, 7) is 2.84. The topological polar surface area (TPSA) is 9.23 Å². The van der Waals surface area contributed by atoms with Crippen molar-refractivity contribution in [3.63, 3.8) is 0 Å². The third-order valence-electron chi connectivity index (χ3n) is 3.44. The number of hydrogen-bond acceptors (Lipinski definition) is 1. The average Bonchev–Trinajstić information content (AvgIpc) is 2.76. The number of nitrogens with zero attached hydrogens (tertiary/aromatic N) is 1. The third kappa shape index (κ3) is 2.12. The predicted molar refractivity (Wildman–Crippen MR) is 71.5 cm³/mol. The Bertz CT molecular complexity index is 608. The minimum Gasteiger partial charge on any atom is -1.00 e. The lowest BCUT2D eigenvalue weighted by atomic mass is 10.0. The average molecular weight is 353 g/mol. The van der Waals surface area contributed by atoms with Crippen LogP contribution in [0.25, 0.3) is 10.8 Å². The van der Waals surface area contributed by atoms with Gasteiger partial charge in [-0.05, 0) is 23.8 Å². The second-order valence-corrected chi connectivity index (χ2v) is 4.83. The summed E-state index contributed by atoms with van der Waals surface area (Å²) in [7, 11) is 2.17. The first-order valence-electron chi connectivity index (χ1n) is 5.84. The first-order valence-corrected chi connectivity index (χ1v) is 5.84. The number of rotatable bonds is 1. The van der Waals surface area contributed by atoms with Gasteiger partial charge in [0.25, 0.3) is 0 Å². The Kier molecular flexibility index (Phi) is 3.64. The molecule has 1 heterocycles. The molecule has 1 aliphatic heterocycles. The summed E-state index contributed by atoms with van der Waals surface area (Å²) in [5.74, 6) is 0. The second-order valence-electron chi connectivity index (χ2n) is 4.83. The molecule has 1 atom stereocenters. The Hall–Kier alpha value is -1.07. The Morgan fingerprint density at radius 2 is 1.78 bits per heavy atom. The summed E-state index contributed by atoms with van der Waals surface area (Å²) in [6.07, 6.45) is 3.88. The monoisotopic (exact) mass is 353 g/mol. The van der Waals surface area contributed by atoms with Crippen LogP contribution in [0.3, 0.4) is 0 Å². The molecule has 0 saturated heterocycles. The van der Waals surface area contributed by atoms with Crippen molar-refractivity contribution in [2.24, 2.45) is 0 Å². The van der Waals surface area contributed by atoms with E-state index in [4.69, 9.17) is 4.74 Å². The molecule has 3 rings (SSSR count). The van der Waals surface area contributed by atoms with E-state index in [1.54, 1.807) is 6.26 Å². The number of benzene rings is 2. The zero-order valence-electron chi connectivity index (χ0n) is 10.6. The standard InChI is InChI=1S/C15H16NO.HI/c1-12-9-13-5-3-4-6-14(13)10-15(12)16(2)7-8-17-11-16;/h3-10H,11H2,1-2H3;1H/q+1;/p-1. The van der Waals surface area contributed by atoms with Crippen LogP contribution < -0.4 is 28.5 Å². The number of fused-ring (bicyclic) bond motifs is 1. The normalized spacial score (nSPS) is 21.7. The summed E-state index contributed by atoms with van der Waals surface area (Å²) in [5.41, 5.74) is 2.61. The summed E-state index contributed by atoms with van der Waals surface area (Å²) >= 11 is 0. The van der Waals surface area contributed by atoms with Gasteiger partial charge in [-0.3, -0.25) is 0 Å². The highest BCUT2D eigenvalue weighted by Gasteiger charge is 2.28. The minimum atomic E-state index is 0. The fraction of sp³-hybridized carbons (Fsp3) is 0.200. The van der Waals surface area contributed by atoms with Crippen LogP contribution in [0.15, 0.2) is 48.9 Å². The number of aryl methyl sites for hydroxylation is 1. The van der Waals surface area contributed by atoms with Crippen molar-refractivity contribution in [2.75, 3.05) is 13.8 Å². The molecule has 0 saturated carbocycles. The molecule has 3 heteroatoms. The Labute approximate surface area is 124 Å². The number of halogens is 1. The smallest absolute Gasteiger partial charge is 0.232 e. The SMILES string of the molecule is Cc1cc2ccccc2cc1[N+]1(C)C=COC1.[I-]. The van der Waals surface area contributed by atoms with Crippen molar-refractivity contribution in [1.82, 2.24) is 4.48 Å². The Morgan fingerprint density at radius 3 is 2.39 bits per heavy atom. The van der Waals surface area contributed by atoms with E-state index in [9.17, 15) is 0 Å². The highest BCUT2D eigenvalue weighted by Crippen LogP contribution is 2.32. The summed E-state index contributed by atoms with van der Waals surface area (Å²) in [5, 5.41) is 2.58. The molecule has 1 unspecified atom stereocenters. The molecule has 0 spiro atoms. The largest absolute Gasteiger partial charge is 1.00 e. The molecule has 0 N–H and O–H groups in total. The molecule has 1 aliphatic rings. The van der Waals surface area contributed by atoms with Gasteiger partial charge in [0.15, 0.2) is 0 Å². The van der Waals surface area contributed by atoms with Crippen LogP contribution in [0.4, 0.5) is 5.69 Å². The lowest BCUT2D eigenvalue weighted by molar-refractivity contribution is -0.00000378. The number of ether oxygens (including phenoxy) is 1. The van der Waals surface area contributed by atoms with E-state index in [0.717, 1.165) is 4.48 Å². The van der Waals surface area contributed by atoms with E-state index >= 15 is 0 Å². The first kappa shape index (κ1) is 13.4. The van der Waals surface area contributed by atoms with Crippen molar-refractivity contribution >= 4 is 16.5 Å². The van der Waals surface area contributed by atoms with Crippen molar-refractivity contribution in [3.05, 3.63) is 54.4 Å². The van der Waals surface area contributed by atoms with Gasteiger partial charge in [-0.15, -0.1) is 0 Å². The first-order chi connectivity index (χ1) is 8.19. The van der Waals surface area contributed by atoms with Gasteiger partial charge in [0.2, 0.25) is 6.73 Å². The third-order valence-corrected chi connectivity index (χ3v) is 3.44. The second kappa shape index (κ2) is 4.90. The molecule has 0 bridgehead atoms. The Balaban J connectivity index is 0.00000120. The maximum atomic E-state index is 5.37. The molecule has 18 heavy (non-hydrogen) atoms. The van der Waals surface area contributed by atoms with Gasteiger partial charge < -0.3 is 28.7 Å². The minimum absolute atomic E-state index is 0. The van der Waals surface area contributed by atoms with Gasteiger partial charge in [-0.25, -0.2) is 4.48 Å². The maximum absolute atomic E-state index is 5.37. The van der Waals surface area contributed by atoms with Gasteiger partial charge in [0.05, 0.1) is 7.05 Å². The van der Waals surface area contributed by atoms with E-state index in [1.165, 1.54) is 22.0 Å². The van der Waals surface area contributed by atoms with E-state index < -0.39 is 0 Å². The molecule has 0 aromatic heterocycles. The highest BCUT2D eigenvalue weighted by molar-refractivity contribution is 5.87. The summed E-state index contributed by atoms with van der Waals surface area (Å²) < 4.78 is 6.09. The molecule has 0 radical (unpaired) electrons. The van der Waals surface area contributed by atoms with Crippen molar-refractivity contribution < 1.29 is 28.7 Å². The Morgan fingerprint density at radius 1 is 1.11 bits per heavy atom.